The van der Waals surface area contributed by atoms with E-state index >= 15 is 0 Å². The monoisotopic (exact) mass is 413 g/mol. The van der Waals surface area contributed by atoms with E-state index in [2.05, 4.69) is 26.9 Å². The van der Waals surface area contributed by atoms with Gasteiger partial charge >= 0.3 is 6.36 Å². The van der Waals surface area contributed by atoms with Crippen molar-refractivity contribution in [3.63, 3.8) is 0 Å². The molecule has 4 nitrogen and oxygen atoms in total. The highest BCUT2D eigenvalue weighted by Crippen LogP contribution is 2.40. The van der Waals surface area contributed by atoms with Crippen molar-refractivity contribution in [3.05, 3.63) is 47.9 Å². The number of hydrogen-bond donors (Lipinski definition) is 1. The minimum Gasteiger partial charge on any atom is -0.406 e. The SMILES string of the molecule is CCCNc1ncc(-c2ccncc2-c2cc(OC(F)(F)F)ccc2Cl)s1. The Morgan fingerprint density at radius 2 is 1.96 bits per heavy atom. The van der Waals surface area contributed by atoms with Gasteiger partial charge in [-0.25, -0.2) is 4.98 Å². The molecule has 0 saturated heterocycles. The first kappa shape index (κ1) is 19.4. The number of benzene rings is 1. The number of thiazole rings is 1. The molecule has 3 rings (SSSR count). The second-order valence-corrected chi connectivity index (χ2v) is 7.01. The first-order valence-corrected chi connectivity index (χ1v) is 9.26. The summed E-state index contributed by atoms with van der Waals surface area (Å²) >= 11 is 7.70. The predicted molar refractivity (Wildman–Crippen MR) is 101 cm³/mol. The molecule has 0 bridgehead atoms. The van der Waals surface area contributed by atoms with Crippen molar-refractivity contribution in [2.75, 3.05) is 11.9 Å². The lowest BCUT2D eigenvalue weighted by Crippen LogP contribution is -2.17. The van der Waals surface area contributed by atoms with Gasteiger partial charge in [0.1, 0.15) is 5.75 Å². The maximum Gasteiger partial charge on any atom is 0.573 e. The number of halogens is 4. The third-order valence-corrected chi connectivity index (χ3v) is 4.90. The summed E-state index contributed by atoms with van der Waals surface area (Å²) in [5.41, 5.74) is 1.77. The number of alkyl halides is 3. The van der Waals surface area contributed by atoms with E-state index in [0.29, 0.717) is 16.1 Å². The smallest absolute Gasteiger partial charge is 0.406 e. The van der Waals surface area contributed by atoms with Crippen molar-refractivity contribution in [3.8, 4) is 27.3 Å². The van der Waals surface area contributed by atoms with Crippen molar-refractivity contribution in [2.24, 2.45) is 0 Å². The Morgan fingerprint density at radius 1 is 1.15 bits per heavy atom. The van der Waals surface area contributed by atoms with Gasteiger partial charge in [0.05, 0.1) is 4.88 Å². The van der Waals surface area contributed by atoms with Crippen molar-refractivity contribution in [1.29, 1.82) is 0 Å². The Bertz CT molecular complexity index is 930. The second-order valence-electron chi connectivity index (χ2n) is 5.57. The second kappa shape index (κ2) is 8.14. The van der Waals surface area contributed by atoms with E-state index in [0.717, 1.165) is 28.5 Å². The molecule has 1 N–H and O–H groups in total. The normalized spacial score (nSPS) is 11.4. The summed E-state index contributed by atoms with van der Waals surface area (Å²) in [6.45, 7) is 2.86. The van der Waals surface area contributed by atoms with Crippen LogP contribution in [0.25, 0.3) is 21.6 Å². The van der Waals surface area contributed by atoms with Crippen LogP contribution in [-0.2, 0) is 0 Å². The van der Waals surface area contributed by atoms with Crippen LogP contribution < -0.4 is 10.1 Å². The molecule has 0 fully saturated rings. The molecule has 2 aromatic heterocycles. The minimum absolute atomic E-state index is 0.299. The molecular formula is C18H15ClF3N3OS. The van der Waals surface area contributed by atoms with Gasteiger partial charge in [-0.2, -0.15) is 0 Å². The van der Waals surface area contributed by atoms with E-state index < -0.39 is 6.36 Å². The van der Waals surface area contributed by atoms with Crippen LogP contribution >= 0.6 is 22.9 Å². The molecule has 0 radical (unpaired) electrons. The van der Waals surface area contributed by atoms with Crippen LogP contribution in [-0.4, -0.2) is 22.9 Å². The van der Waals surface area contributed by atoms with Crippen molar-refractivity contribution < 1.29 is 17.9 Å². The lowest BCUT2D eigenvalue weighted by Gasteiger charge is -2.13. The number of nitrogens with one attached hydrogen (secondary N) is 1. The predicted octanol–water partition coefficient (Wildman–Crippen LogP) is 6.25. The zero-order chi connectivity index (χ0) is 19.4. The molecule has 1 aromatic carbocycles. The number of hydrogen-bond acceptors (Lipinski definition) is 5. The fourth-order valence-electron chi connectivity index (χ4n) is 2.44. The van der Waals surface area contributed by atoms with Crippen molar-refractivity contribution in [2.45, 2.75) is 19.7 Å². The highest BCUT2D eigenvalue weighted by atomic mass is 35.5. The lowest BCUT2D eigenvalue weighted by molar-refractivity contribution is -0.274. The van der Waals surface area contributed by atoms with E-state index in [-0.39, 0.29) is 5.75 Å². The van der Waals surface area contributed by atoms with Crippen molar-refractivity contribution in [1.82, 2.24) is 9.97 Å². The molecule has 0 aliphatic heterocycles. The molecule has 3 aromatic rings. The molecular weight excluding hydrogens is 399 g/mol. The topological polar surface area (TPSA) is 47.0 Å². The molecule has 142 valence electrons. The Labute approximate surface area is 163 Å². The van der Waals surface area contributed by atoms with Gasteiger partial charge in [0.2, 0.25) is 0 Å². The number of aromatic nitrogens is 2. The van der Waals surface area contributed by atoms with Gasteiger partial charge in [0.25, 0.3) is 0 Å². The van der Waals surface area contributed by atoms with E-state index in [4.69, 9.17) is 11.6 Å². The number of rotatable bonds is 6. The summed E-state index contributed by atoms with van der Waals surface area (Å²) in [7, 11) is 0. The van der Waals surface area contributed by atoms with Crippen LogP contribution in [0.1, 0.15) is 13.3 Å². The largest absolute Gasteiger partial charge is 0.573 e. The standard InChI is InChI=1S/C18H15ClF3N3OS/c1-2-6-24-17-25-10-16(27-17)12-5-7-23-9-14(12)13-8-11(3-4-15(13)19)26-18(20,21)22/h3-5,7-10H,2,6H2,1H3,(H,24,25). The quantitative estimate of drug-likeness (QED) is 0.519. The summed E-state index contributed by atoms with van der Waals surface area (Å²) in [6, 6.07) is 5.58. The molecule has 0 aliphatic rings. The van der Waals surface area contributed by atoms with Gasteiger partial charge in [-0.3, -0.25) is 4.98 Å². The first-order valence-electron chi connectivity index (χ1n) is 8.07. The van der Waals surface area contributed by atoms with Gasteiger partial charge in [0, 0.05) is 46.8 Å². The van der Waals surface area contributed by atoms with Gasteiger partial charge < -0.3 is 10.1 Å². The Hall–Kier alpha value is -2.32. The number of ether oxygens (including phenoxy) is 1. The third-order valence-electron chi connectivity index (χ3n) is 3.58. The third kappa shape index (κ3) is 4.90. The zero-order valence-corrected chi connectivity index (χ0v) is 15.8. The molecule has 0 unspecified atom stereocenters. The van der Waals surface area contributed by atoms with Gasteiger partial charge in [-0.15, -0.1) is 13.2 Å². The summed E-state index contributed by atoms with van der Waals surface area (Å²) in [4.78, 5) is 9.28. The fourth-order valence-corrected chi connectivity index (χ4v) is 3.54. The number of nitrogens with zero attached hydrogens (tertiary/aromatic N) is 2. The van der Waals surface area contributed by atoms with Crippen LogP contribution in [0, 0.1) is 0 Å². The Kier molecular flexibility index (Phi) is 5.86. The molecule has 27 heavy (non-hydrogen) atoms. The highest BCUT2D eigenvalue weighted by Gasteiger charge is 2.31. The van der Waals surface area contributed by atoms with Crippen LogP contribution in [0.5, 0.6) is 5.75 Å². The van der Waals surface area contributed by atoms with Crippen LogP contribution in [0.3, 0.4) is 0 Å². The molecule has 2 heterocycles. The highest BCUT2D eigenvalue weighted by molar-refractivity contribution is 7.18. The molecule has 0 spiro atoms. The summed E-state index contributed by atoms with van der Waals surface area (Å²) in [5, 5.41) is 4.28. The zero-order valence-electron chi connectivity index (χ0n) is 14.2. The summed E-state index contributed by atoms with van der Waals surface area (Å²) in [5.74, 6) is -0.341. The Morgan fingerprint density at radius 3 is 2.70 bits per heavy atom. The molecule has 0 saturated carbocycles. The van der Waals surface area contributed by atoms with Gasteiger partial charge in [0.15, 0.2) is 5.13 Å². The first-order chi connectivity index (χ1) is 12.9. The number of anilines is 1. The minimum atomic E-state index is -4.78. The lowest BCUT2D eigenvalue weighted by atomic mass is 10.0. The maximum atomic E-state index is 12.5. The summed E-state index contributed by atoms with van der Waals surface area (Å²) in [6.07, 6.45) is 1.08. The molecule has 0 amide bonds. The Balaban J connectivity index is 2.01. The van der Waals surface area contributed by atoms with Crippen LogP contribution in [0.2, 0.25) is 5.02 Å². The van der Waals surface area contributed by atoms with E-state index in [9.17, 15) is 13.2 Å². The average Bonchev–Trinajstić information content (AvgIpc) is 3.09. The number of pyridine rings is 1. The van der Waals surface area contributed by atoms with Gasteiger partial charge in [-0.1, -0.05) is 29.9 Å². The van der Waals surface area contributed by atoms with Crippen LogP contribution in [0.4, 0.5) is 18.3 Å². The average molecular weight is 414 g/mol. The van der Waals surface area contributed by atoms with Crippen molar-refractivity contribution >= 4 is 28.1 Å². The molecule has 9 heteroatoms. The molecule has 0 aliphatic carbocycles. The summed E-state index contributed by atoms with van der Waals surface area (Å²) < 4.78 is 41.6. The van der Waals surface area contributed by atoms with E-state index in [1.807, 2.05) is 0 Å². The molecule has 0 atom stereocenters. The van der Waals surface area contributed by atoms with Crippen LogP contribution in [0.15, 0.2) is 42.9 Å². The van der Waals surface area contributed by atoms with Gasteiger partial charge in [-0.05, 0) is 30.7 Å². The van der Waals surface area contributed by atoms with E-state index in [1.54, 1.807) is 24.7 Å². The fraction of sp³-hybridized carbons (Fsp3) is 0.222. The van der Waals surface area contributed by atoms with E-state index in [1.165, 1.54) is 29.5 Å². The maximum absolute atomic E-state index is 12.5.